The van der Waals surface area contributed by atoms with Gasteiger partial charge in [-0.1, -0.05) is 19.3 Å². The lowest BCUT2D eigenvalue weighted by Crippen LogP contribution is -2.51. The number of hydrogen-bond donors (Lipinski definition) is 0. The van der Waals surface area contributed by atoms with Crippen molar-refractivity contribution in [2.45, 2.75) is 69.9 Å². The van der Waals surface area contributed by atoms with E-state index in [1.54, 1.807) is 0 Å². The largest absolute Gasteiger partial charge is 0.300 e. The summed E-state index contributed by atoms with van der Waals surface area (Å²) in [6.45, 7) is 0. The molecule has 3 rings (SSSR count). The molecule has 0 aromatic carbocycles. The molecular formula is C15H25NO. The molecule has 2 nitrogen and oxygen atoms in total. The smallest absolute Gasteiger partial charge is 0.139 e. The minimum atomic E-state index is 0.407. The molecule has 0 amide bonds. The van der Waals surface area contributed by atoms with Gasteiger partial charge in [0.1, 0.15) is 5.78 Å². The topological polar surface area (TPSA) is 20.3 Å². The van der Waals surface area contributed by atoms with Crippen LogP contribution in [0.4, 0.5) is 0 Å². The van der Waals surface area contributed by atoms with E-state index in [2.05, 4.69) is 11.9 Å². The van der Waals surface area contributed by atoms with Gasteiger partial charge in [0, 0.05) is 23.9 Å². The van der Waals surface area contributed by atoms with Gasteiger partial charge in [-0.05, 0) is 45.6 Å². The minimum Gasteiger partial charge on any atom is -0.300 e. The summed E-state index contributed by atoms with van der Waals surface area (Å²) in [4.78, 5) is 15.1. The third-order valence-electron chi connectivity index (χ3n) is 5.50. The zero-order valence-electron chi connectivity index (χ0n) is 11.0. The molecule has 1 saturated carbocycles. The average molecular weight is 235 g/mol. The Morgan fingerprint density at radius 2 is 1.47 bits per heavy atom. The van der Waals surface area contributed by atoms with Crippen molar-refractivity contribution in [3.63, 3.8) is 0 Å². The zero-order valence-corrected chi connectivity index (χ0v) is 11.0. The predicted octanol–water partition coefficient (Wildman–Crippen LogP) is 3.01. The van der Waals surface area contributed by atoms with Crippen LogP contribution < -0.4 is 0 Å². The quantitative estimate of drug-likeness (QED) is 0.733. The Morgan fingerprint density at radius 3 is 2.06 bits per heavy atom. The van der Waals surface area contributed by atoms with Crippen LogP contribution in [-0.4, -0.2) is 29.8 Å². The fourth-order valence-corrected chi connectivity index (χ4v) is 4.39. The van der Waals surface area contributed by atoms with Crippen LogP contribution in [0.5, 0.6) is 0 Å². The van der Waals surface area contributed by atoms with Crippen molar-refractivity contribution in [3.8, 4) is 0 Å². The lowest BCUT2D eigenvalue weighted by Gasteiger charge is -2.47. The Labute approximate surface area is 105 Å². The second kappa shape index (κ2) is 4.72. The number of piperidine rings is 2. The highest BCUT2D eigenvalue weighted by molar-refractivity contribution is 5.83. The molecule has 0 aromatic heterocycles. The number of fused-ring (bicyclic) bond motifs is 2. The van der Waals surface area contributed by atoms with Crippen LogP contribution in [0.1, 0.15) is 57.8 Å². The molecule has 3 aliphatic rings. The molecule has 2 aliphatic heterocycles. The van der Waals surface area contributed by atoms with E-state index in [9.17, 15) is 4.79 Å². The first-order valence-electron chi connectivity index (χ1n) is 7.51. The van der Waals surface area contributed by atoms with E-state index >= 15 is 0 Å². The van der Waals surface area contributed by atoms with Gasteiger partial charge in [0.05, 0.1) is 0 Å². The van der Waals surface area contributed by atoms with Gasteiger partial charge in [0.25, 0.3) is 0 Å². The van der Waals surface area contributed by atoms with Crippen molar-refractivity contribution in [2.75, 3.05) is 7.05 Å². The summed E-state index contributed by atoms with van der Waals surface area (Å²) in [7, 11) is 2.27. The molecule has 2 atom stereocenters. The molecule has 1 aliphatic carbocycles. The predicted molar refractivity (Wildman–Crippen MR) is 68.9 cm³/mol. The van der Waals surface area contributed by atoms with Crippen LogP contribution in [0.2, 0.25) is 0 Å². The maximum absolute atomic E-state index is 12.5. The second-order valence-electron chi connectivity index (χ2n) is 6.46. The molecule has 2 heterocycles. The van der Waals surface area contributed by atoms with E-state index in [1.165, 1.54) is 44.9 Å². The van der Waals surface area contributed by atoms with Gasteiger partial charge < -0.3 is 4.90 Å². The summed E-state index contributed by atoms with van der Waals surface area (Å²) in [6.07, 6.45) is 11.3. The number of carbonyl (C=O) groups excluding carboxylic acids is 1. The van der Waals surface area contributed by atoms with E-state index < -0.39 is 0 Å². The number of carbonyl (C=O) groups is 1. The van der Waals surface area contributed by atoms with Gasteiger partial charge in [-0.15, -0.1) is 0 Å². The molecule has 96 valence electrons. The molecule has 0 spiro atoms. The summed E-state index contributed by atoms with van der Waals surface area (Å²) < 4.78 is 0. The van der Waals surface area contributed by atoms with Crippen LogP contribution >= 0.6 is 0 Å². The lowest BCUT2D eigenvalue weighted by molar-refractivity contribution is -0.130. The molecule has 0 aromatic rings. The van der Waals surface area contributed by atoms with E-state index in [1.807, 2.05) is 0 Å². The Bertz CT molecular complexity index is 281. The first-order valence-corrected chi connectivity index (χ1v) is 7.51. The Morgan fingerprint density at radius 1 is 0.882 bits per heavy atom. The summed E-state index contributed by atoms with van der Waals surface area (Å²) >= 11 is 0. The van der Waals surface area contributed by atoms with Crippen molar-refractivity contribution in [2.24, 2.45) is 11.8 Å². The highest BCUT2D eigenvalue weighted by atomic mass is 16.1. The zero-order chi connectivity index (χ0) is 11.8. The van der Waals surface area contributed by atoms with Crippen LogP contribution in [0, 0.1) is 11.8 Å². The molecule has 0 N–H and O–H groups in total. The molecule has 2 heteroatoms. The average Bonchev–Trinajstić information content (AvgIpc) is 2.81. The normalized spacial score (nSPS) is 39.5. The van der Waals surface area contributed by atoms with Crippen LogP contribution in [0.3, 0.4) is 0 Å². The fourth-order valence-electron chi connectivity index (χ4n) is 4.39. The summed E-state index contributed by atoms with van der Waals surface area (Å²) in [5.41, 5.74) is 0. The van der Waals surface area contributed by atoms with Gasteiger partial charge in [-0.3, -0.25) is 4.79 Å². The van der Waals surface area contributed by atoms with Crippen LogP contribution in [0.25, 0.3) is 0 Å². The number of nitrogens with zero attached hydrogens (tertiary/aromatic N) is 1. The maximum atomic E-state index is 12.5. The standard InChI is InChI=1S/C15H25NO/c1-16-13-7-4-8-14(16)10-12(9-13)15(17)11-5-2-3-6-11/h11-14H,2-10H2,1H3. The van der Waals surface area contributed by atoms with Gasteiger partial charge in [0.15, 0.2) is 0 Å². The highest BCUT2D eigenvalue weighted by Gasteiger charge is 2.40. The first kappa shape index (κ1) is 11.7. The van der Waals surface area contributed by atoms with Gasteiger partial charge in [0.2, 0.25) is 0 Å². The van der Waals surface area contributed by atoms with Crippen molar-refractivity contribution < 1.29 is 4.79 Å². The third kappa shape index (κ3) is 2.16. The van der Waals surface area contributed by atoms with Crippen molar-refractivity contribution >= 4 is 5.78 Å². The van der Waals surface area contributed by atoms with E-state index in [0.717, 1.165) is 12.8 Å². The number of ketones is 1. The Balaban J connectivity index is 1.66. The molecular weight excluding hydrogens is 210 g/mol. The first-order chi connectivity index (χ1) is 8.25. The van der Waals surface area contributed by atoms with Gasteiger partial charge >= 0.3 is 0 Å². The number of hydrogen-bond acceptors (Lipinski definition) is 2. The Kier molecular flexibility index (Phi) is 3.25. The molecule has 2 unspecified atom stereocenters. The summed E-state index contributed by atoms with van der Waals surface area (Å²) in [6, 6.07) is 1.41. The van der Waals surface area contributed by atoms with Crippen LogP contribution in [-0.2, 0) is 4.79 Å². The number of Topliss-reactive ketones (excluding diaryl/α,β-unsaturated/α-hetero) is 1. The molecule has 0 radical (unpaired) electrons. The third-order valence-corrected chi connectivity index (χ3v) is 5.50. The van der Waals surface area contributed by atoms with Crippen molar-refractivity contribution in [1.29, 1.82) is 0 Å². The Hall–Kier alpha value is -0.370. The summed E-state index contributed by atoms with van der Waals surface area (Å²) in [5, 5.41) is 0. The van der Waals surface area contributed by atoms with Gasteiger partial charge in [-0.2, -0.15) is 0 Å². The van der Waals surface area contributed by atoms with Crippen LogP contribution in [0.15, 0.2) is 0 Å². The monoisotopic (exact) mass is 235 g/mol. The van der Waals surface area contributed by atoms with E-state index in [0.29, 0.717) is 29.7 Å². The van der Waals surface area contributed by atoms with Gasteiger partial charge in [-0.25, -0.2) is 0 Å². The SMILES string of the molecule is CN1C2CCCC1CC(C(=O)C1CCCC1)C2. The van der Waals surface area contributed by atoms with Crippen molar-refractivity contribution in [1.82, 2.24) is 4.90 Å². The molecule has 2 saturated heterocycles. The van der Waals surface area contributed by atoms with Crippen molar-refractivity contribution in [3.05, 3.63) is 0 Å². The molecule has 2 bridgehead atoms. The lowest BCUT2D eigenvalue weighted by atomic mass is 9.74. The molecule has 3 fully saturated rings. The van der Waals surface area contributed by atoms with E-state index in [4.69, 9.17) is 0 Å². The summed E-state index contributed by atoms with van der Waals surface area (Å²) in [5.74, 6) is 1.47. The minimum absolute atomic E-state index is 0.407. The maximum Gasteiger partial charge on any atom is 0.139 e. The van der Waals surface area contributed by atoms with E-state index in [-0.39, 0.29) is 0 Å². The second-order valence-corrected chi connectivity index (χ2v) is 6.46. The highest BCUT2D eigenvalue weighted by Crippen LogP contribution is 2.39. The molecule has 17 heavy (non-hydrogen) atoms. The fraction of sp³-hybridized carbons (Fsp3) is 0.933. The number of rotatable bonds is 2.